The molecule has 0 saturated heterocycles. The van der Waals surface area contributed by atoms with Crippen molar-refractivity contribution >= 4 is 50.6 Å². The molecule has 6 aromatic rings. The minimum absolute atomic E-state index is 0.191. The Bertz CT molecular complexity index is 2140. The quantitative estimate of drug-likeness (QED) is 0.190. The first-order valence-electron chi connectivity index (χ1n) is 13.9. The second-order valence-corrected chi connectivity index (χ2v) is 10.8. The Labute approximate surface area is 245 Å². The van der Waals surface area contributed by atoms with Gasteiger partial charge in [-0.2, -0.15) is 0 Å². The molecule has 43 heavy (non-hydrogen) atoms. The van der Waals surface area contributed by atoms with Crippen LogP contribution < -0.4 is 0 Å². The van der Waals surface area contributed by atoms with E-state index in [9.17, 15) is 19.8 Å². The van der Waals surface area contributed by atoms with Crippen molar-refractivity contribution in [3.05, 3.63) is 137 Å². The number of phenols is 2. The lowest BCUT2D eigenvalue weighted by Gasteiger charge is -2.19. The number of aromatic nitrogens is 1. The van der Waals surface area contributed by atoms with E-state index < -0.39 is 11.6 Å². The lowest BCUT2D eigenvalue weighted by molar-refractivity contribution is -0.485. The van der Waals surface area contributed by atoms with Crippen LogP contribution in [-0.4, -0.2) is 41.9 Å². The third-order valence-corrected chi connectivity index (χ3v) is 8.18. The van der Waals surface area contributed by atoms with Crippen LogP contribution in [0.3, 0.4) is 0 Å². The molecule has 1 aliphatic heterocycles. The zero-order valence-electron chi connectivity index (χ0n) is 22.8. The summed E-state index contributed by atoms with van der Waals surface area (Å²) in [6.45, 7) is 0.501. The van der Waals surface area contributed by atoms with E-state index in [0.717, 1.165) is 27.2 Å². The Kier molecular flexibility index (Phi) is 5.38. The fourth-order valence-corrected chi connectivity index (χ4v) is 6.15. The highest BCUT2D eigenvalue weighted by Crippen LogP contribution is 2.52. The van der Waals surface area contributed by atoms with Gasteiger partial charge < -0.3 is 10.2 Å². The number of hydrogen-bond donors (Lipinski definition) is 2. The van der Waals surface area contributed by atoms with Gasteiger partial charge in [-0.1, -0.05) is 94.1 Å². The number of hydrogen-bond acceptors (Lipinski definition) is 5. The lowest BCUT2D eigenvalue weighted by Crippen LogP contribution is -2.22. The molecule has 1 aliphatic carbocycles. The van der Waals surface area contributed by atoms with Crippen LogP contribution in [-0.2, 0) is 13.1 Å². The van der Waals surface area contributed by atoms with Crippen LogP contribution in [0, 0.1) is 0 Å². The van der Waals surface area contributed by atoms with Gasteiger partial charge >= 0.3 is 17.4 Å². The molecule has 204 valence electrons. The molecule has 2 heterocycles. The molecule has 0 fully saturated rings. The molecule has 2 aliphatic rings. The average molecular weight is 562 g/mol. The summed E-state index contributed by atoms with van der Waals surface area (Å²) in [5.74, 6) is -1.76. The van der Waals surface area contributed by atoms with Gasteiger partial charge in [-0.25, -0.2) is 4.98 Å². The van der Waals surface area contributed by atoms with Crippen molar-refractivity contribution in [2.45, 2.75) is 13.1 Å². The molecule has 0 unspecified atom stereocenters. The monoisotopic (exact) mass is 561 g/mol. The number of carbonyl (C=O) groups excluding carboxylic acids is 2. The molecule has 7 nitrogen and oxygen atoms in total. The number of aromatic hydroxyl groups is 2. The van der Waals surface area contributed by atoms with Gasteiger partial charge in [0.1, 0.15) is 5.69 Å². The zero-order valence-corrected chi connectivity index (χ0v) is 22.8. The molecule has 7 heteroatoms. The van der Waals surface area contributed by atoms with E-state index in [1.165, 1.54) is 0 Å². The predicted octanol–water partition coefficient (Wildman–Crippen LogP) is 6.45. The second kappa shape index (κ2) is 9.31. The fraction of sp³-hybridized carbons (Fsp3) is 0.0556. The molecule has 2 N–H and O–H groups in total. The number of benzene rings is 5. The summed E-state index contributed by atoms with van der Waals surface area (Å²) in [4.78, 5) is 32.1. The molecule has 8 rings (SSSR count). The average Bonchev–Trinajstić information content (AvgIpc) is 3.39. The van der Waals surface area contributed by atoms with E-state index in [1.54, 1.807) is 33.4 Å². The van der Waals surface area contributed by atoms with Crippen LogP contribution in [0.4, 0.5) is 11.4 Å². The van der Waals surface area contributed by atoms with Crippen molar-refractivity contribution in [2.75, 3.05) is 0 Å². The number of carbonyl (C=O) groups is 2. The van der Waals surface area contributed by atoms with Gasteiger partial charge in [0.25, 0.3) is 0 Å². The minimum atomic E-state index is -0.516. The summed E-state index contributed by atoms with van der Waals surface area (Å²) in [7, 11) is 0. The fourth-order valence-electron chi connectivity index (χ4n) is 6.15. The van der Waals surface area contributed by atoms with E-state index in [4.69, 9.17) is 4.98 Å². The van der Waals surface area contributed by atoms with E-state index in [2.05, 4.69) is 12.1 Å². The number of fused-ring (bicyclic) bond motifs is 5. The summed E-state index contributed by atoms with van der Waals surface area (Å²) in [5, 5.41) is 26.6. The predicted molar refractivity (Wildman–Crippen MR) is 161 cm³/mol. The van der Waals surface area contributed by atoms with Crippen molar-refractivity contribution in [3.8, 4) is 11.5 Å². The van der Waals surface area contributed by atoms with Crippen molar-refractivity contribution in [1.82, 2.24) is 4.98 Å². The summed E-state index contributed by atoms with van der Waals surface area (Å²) in [6.07, 6.45) is 0. The minimum Gasteiger partial charge on any atom is -0.502 e. The Morgan fingerprint density at radius 2 is 1.16 bits per heavy atom. The van der Waals surface area contributed by atoms with Crippen LogP contribution in [0.5, 0.6) is 11.5 Å². The standard InChI is InChI=1S/C36H21N3O4/c40-33-26-10-4-5-11-27(26)34(41)30-29(33)35(42)31-32(36(30)43)39(19-25-16-15-23-8-3-6-12-28(23)37-25)20-38(31)18-21-13-14-22-7-1-2-9-24(22)17-21/h1-17H,18-19H2/p+2. The first-order valence-corrected chi connectivity index (χ1v) is 13.9. The van der Waals surface area contributed by atoms with Crippen LogP contribution >= 0.6 is 0 Å². The highest BCUT2D eigenvalue weighted by Gasteiger charge is 2.48. The van der Waals surface area contributed by atoms with Gasteiger partial charge in [0.05, 0.1) is 16.6 Å². The molecule has 0 spiro atoms. The Hall–Kier alpha value is -5.91. The summed E-state index contributed by atoms with van der Waals surface area (Å²) in [6, 6.07) is 35.5. The Balaban J connectivity index is 1.32. The maximum Gasteiger partial charge on any atom is 0.490 e. The second-order valence-electron chi connectivity index (χ2n) is 10.8. The van der Waals surface area contributed by atoms with Crippen molar-refractivity contribution in [3.63, 3.8) is 0 Å². The largest absolute Gasteiger partial charge is 0.502 e. The SMILES string of the molecule is O=C1c2ccccc2C(=O)c2c(O)c3c(c(O)c21)[N+](Cc1ccc2ccccc2c1)=C=[N+]3Cc1ccc2ccccc2n1. The number of pyridine rings is 1. The molecule has 5 aromatic carbocycles. The molecule has 1 aromatic heterocycles. The van der Waals surface area contributed by atoms with Gasteiger partial charge in [-0.15, -0.1) is 0 Å². The molecule has 0 bridgehead atoms. The van der Waals surface area contributed by atoms with Crippen LogP contribution in [0.2, 0.25) is 0 Å². The van der Waals surface area contributed by atoms with Crippen molar-refractivity contribution in [2.24, 2.45) is 0 Å². The highest BCUT2D eigenvalue weighted by atomic mass is 16.3. The summed E-state index contributed by atoms with van der Waals surface area (Å²) < 4.78 is 3.34. The van der Waals surface area contributed by atoms with Crippen molar-refractivity contribution in [1.29, 1.82) is 0 Å². The molecule has 0 radical (unpaired) electrons. The maximum atomic E-state index is 13.6. The molecule has 0 amide bonds. The third-order valence-electron chi connectivity index (χ3n) is 8.18. The lowest BCUT2D eigenvalue weighted by atomic mass is 9.82. The summed E-state index contributed by atoms with van der Waals surface area (Å²) >= 11 is 0. The topological polar surface area (TPSA) is 93.5 Å². The molecule has 0 atom stereocenters. The van der Waals surface area contributed by atoms with Crippen molar-refractivity contribution < 1.29 is 29.0 Å². The number of phenolic OH excluding ortho intramolecular Hbond substituents is 2. The van der Waals surface area contributed by atoms with Gasteiger partial charge in [0.15, 0.2) is 18.1 Å². The highest BCUT2D eigenvalue weighted by molar-refractivity contribution is 6.31. The van der Waals surface area contributed by atoms with Gasteiger partial charge in [-0.05, 0) is 29.0 Å². The van der Waals surface area contributed by atoms with Crippen LogP contribution in [0.15, 0.2) is 103 Å². The van der Waals surface area contributed by atoms with Crippen LogP contribution in [0.1, 0.15) is 43.1 Å². The molecular weight excluding hydrogens is 538 g/mol. The zero-order chi connectivity index (χ0) is 29.2. The van der Waals surface area contributed by atoms with Gasteiger partial charge in [0.2, 0.25) is 18.0 Å². The normalized spacial score (nSPS) is 13.5. The van der Waals surface area contributed by atoms with Gasteiger partial charge in [0, 0.05) is 22.1 Å². The van der Waals surface area contributed by atoms with Crippen LogP contribution in [0.25, 0.3) is 21.7 Å². The first kappa shape index (κ1) is 24.9. The number of ketones is 2. The van der Waals surface area contributed by atoms with E-state index in [-0.39, 0.29) is 51.7 Å². The van der Waals surface area contributed by atoms with E-state index in [1.807, 2.05) is 72.8 Å². The smallest absolute Gasteiger partial charge is 0.490 e. The first-order chi connectivity index (χ1) is 21.0. The molecular formula is C36H23N3O4+2. The van der Waals surface area contributed by atoms with E-state index >= 15 is 0 Å². The summed E-state index contributed by atoms with van der Waals surface area (Å²) in [5.41, 5.74) is 2.86. The number of para-hydroxylation sites is 1. The van der Waals surface area contributed by atoms with Gasteiger partial charge in [-0.3, -0.25) is 9.59 Å². The molecule has 0 saturated carbocycles. The Morgan fingerprint density at radius 1 is 0.605 bits per heavy atom. The Morgan fingerprint density at radius 3 is 1.86 bits per heavy atom. The third kappa shape index (κ3) is 3.80. The number of rotatable bonds is 4. The number of nitrogens with zero attached hydrogens (tertiary/aromatic N) is 3. The van der Waals surface area contributed by atoms with E-state index in [0.29, 0.717) is 12.2 Å². The maximum absolute atomic E-state index is 13.6.